The topological polar surface area (TPSA) is 75.4 Å². The number of benzene rings is 1. The van der Waals surface area contributed by atoms with E-state index in [1.54, 1.807) is 6.92 Å². The van der Waals surface area contributed by atoms with E-state index in [0.29, 0.717) is 12.2 Å². The van der Waals surface area contributed by atoms with Crippen LogP contribution in [0.5, 0.6) is 0 Å². The summed E-state index contributed by atoms with van der Waals surface area (Å²) in [5.74, 6) is 0.537. The minimum Gasteiger partial charge on any atom is -0.383 e. The van der Waals surface area contributed by atoms with Crippen LogP contribution in [0.2, 0.25) is 0 Å². The maximum atomic E-state index is 12.2. The highest BCUT2D eigenvalue weighted by atomic mass is 16.5. The quantitative estimate of drug-likeness (QED) is 0.907. The average molecular weight is 314 g/mol. The SMILES string of the molecule is Cc1noc(C)c1CC(=O)NCC1(O)CCCc2ccccc21. The predicted octanol–water partition coefficient (Wildman–Crippen LogP) is 2.17. The van der Waals surface area contributed by atoms with E-state index in [1.807, 2.05) is 31.2 Å². The number of rotatable bonds is 4. The van der Waals surface area contributed by atoms with E-state index in [9.17, 15) is 9.90 Å². The summed E-state index contributed by atoms with van der Waals surface area (Å²) in [7, 11) is 0. The van der Waals surface area contributed by atoms with Crippen molar-refractivity contribution in [3.63, 3.8) is 0 Å². The summed E-state index contributed by atoms with van der Waals surface area (Å²) >= 11 is 0. The van der Waals surface area contributed by atoms with Crippen LogP contribution < -0.4 is 5.32 Å². The van der Waals surface area contributed by atoms with Crippen LogP contribution in [0.4, 0.5) is 0 Å². The van der Waals surface area contributed by atoms with Crippen molar-refractivity contribution in [2.24, 2.45) is 0 Å². The summed E-state index contributed by atoms with van der Waals surface area (Å²) in [6, 6.07) is 7.92. The third-order valence-electron chi connectivity index (χ3n) is 4.65. The number of fused-ring (bicyclic) bond motifs is 1. The lowest BCUT2D eigenvalue weighted by molar-refractivity contribution is -0.122. The molecule has 1 aromatic heterocycles. The van der Waals surface area contributed by atoms with Crippen molar-refractivity contribution in [1.29, 1.82) is 0 Å². The van der Waals surface area contributed by atoms with E-state index >= 15 is 0 Å². The molecule has 2 aromatic rings. The molecule has 1 amide bonds. The molecule has 2 N–H and O–H groups in total. The van der Waals surface area contributed by atoms with Gasteiger partial charge in [0.2, 0.25) is 5.91 Å². The molecule has 1 atom stereocenters. The molecule has 1 aliphatic rings. The number of aliphatic hydroxyl groups is 1. The van der Waals surface area contributed by atoms with Gasteiger partial charge in [-0.15, -0.1) is 0 Å². The number of hydrogen-bond acceptors (Lipinski definition) is 4. The first-order valence-electron chi connectivity index (χ1n) is 7.99. The number of carbonyl (C=O) groups is 1. The van der Waals surface area contributed by atoms with Crippen LogP contribution in [-0.2, 0) is 23.2 Å². The van der Waals surface area contributed by atoms with Crippen molar-refractivity contribution in [3.8, 4) is 0 Å². The third-order valence-corrected chi connectivity index (χ3v) is 4.65. The first-order chi connectivity index (χ1) is 11.0. The van der Waals surface area contributed by atoms with Gasteiger partial charge in [0.15, 0.2) is 0 Å². The lowest BCUT2D eigenvalue weighted by Crippen LogP contribution is -2.43. The Morgan fingerprint density at radius 1 is 1.39 bits per heavy atom. The van der Waals surface area contributed by atoms with Crippen LogP contribution in [0.25, 0.3) is 0 Å². The molecular weight excluding hydrogens is 292 g/mol. The molecular formula is C18H22N2O3. The van der Waals surface area contributed by atoms with E-state index in [2.05, 4.69) is 10.5 Å². The minimum atomic E-state index is -0.983. The first kappa shape index (κ1) is 15.7. The fraction of sp³-hybridized carbons (Fsp3) is 0.444. The molecule has 0 bridgehead atoms. The maximum absolute atomic E-state index is 12.2. The molecule has 23 heavy (non-hydrogen) atoms. The van der Waals surface area contributed by atoms with Gasteiger partial charge in [-0.25, -0.2) is 0 Å². The molecule has 0 saturated heterocycles. The van der Waals surface area contributed by atoms with Crippen molar-refractivity contribution in [2.75, 3.05) is 6.54 Å². The monoisotopic (exact) mass is 314 g/mol. The van der Waals surface area contributed by atoms with E-state index in [0.717, 1.165) is 29.7 Å². The molecule has 1 heterocycles. The minimum absolute atomic E-state index is 0.129. The molecule has 1 unspecified atom stereocenters. The highest BCUT2D eigenvalue weighted by Crippen LogP contribution is 2.34. The molecule has 1 aromatic carbocycles. The van der Waals surface area contributed by atoms with E-state index < -0.39 is 5.60 Å². The summed E-state index contributed by atoms with van der Waals surface area (Å²) in [4.78, 5) is 12.2. The van der Waals surface area contributed by atoms with Crippen molar-refractivity contribution in [1.82, 2.24) is 10.5 Å². The molecule has 0 spiro atoms. The fourth-order valence-electron chi connectivity index (χ4n) is 3.30. The van der Waals surface area contributed by atoms with Gasteiger partial charge in [0.05, 0.1) is 18.7 Å². The normalized spacial score (nSPS) is 20.1. The zero-order chi connectivity index (χ0) is 16.4. The van der Waals surface area contributed by atoms with Gasteiger partial charge in [-0.2, -0.15) is 0 Å². The Labute approximate surface area is 135 Å². The van der Waals surface area contributed by atoms with Crippen molar-refractivity contribution >= 4 is 5.91 Å². The number of nitrogens with zero attached hydrogens (tertiary/aromatic N) is 1. The van der Waals surface area contributed by atoms with Crippen LogP contribution in [0.1, 0.15) is 41.0 Å². The van der Waals surface area contributed by atoms with E-state index in [1.165, 1.54) is 5.56 Å². The molecule has 0 fully saturated rings. The van der Waals surface area contributed by atoms with Crippen molar-refractivity contribution in [3.05, 3.63) is 52.4 Å². The summed E-state index contributed by atoms with van der Waals surface area (Å²) < 4.78 is 5.08. The second-order valence-electron chi connectivity index (χ2n) is 6.30. The molecule has 0 saturated carbocycles. The van der Waals surface area contributed by atoms with Crippen molar-refractivity contribution in [2.45, 2.75) is 45.1 Å². The zero-order valence-electron chi connectivity index (χ0n) is 13.6. The third kappa shape index (κ3) is 3.15. The van der Waals surface area contributed by atoms with Gasteiger partial charge in [-0.1, -0.05) is 29.4 Å². The molecule has 0 aliphatic heterocycles. The van der Waals surface area contributed by atoms with Crippen LogP contribution in [0, 0.1) is 13.8 Å². The van der Waals surface area contributed by atoms with Crippen LogP contribution in [0.15, 0.2) is 28.8 Å². The molecule has 122 valence electrons. The summed E-state index contributed by atoms with van der Waals surface area (Å²) in [6.45, 7) is 3.85. The Morgan fingerprint density at radius 2 is 2.17 bits per heavy atom. The van der Waals surface area contributed by atoms with Gasteiger partial charge in [-0.3, -0.25) is 4.79 Å². The number of aryl methyl sites for hydroxylation is 3. The van der Waals surface area contributed by atoms with Gasteiger partial charge in [-0.05, 0) is 44.2 Å². The Kier molecular flexibility index (Phi) is 4.22. The van der Waals surface area contributed by atoms with Gasteiger partial charge in [0, 0.05) is 5.56 Å². The number of carbonyl (C=O) groups excluding carboxylic acids is 1. The lowest BCUT2D eigenvalue weighted by atomic mass is 9.79. The van der Waals surface area contributed by atoms with Crippen LogP contribution >= 0.6 is 0 Å². The summed E-state index contributed by atoms with van der Waals surface area (Å²) in [6.07, 6.45) is 2.78. The van der Waals surface area contributed by atoms with Crippen molar-refractivity contribution < 1.29 is 14.4 Å². The lowest BCUT2D eigenvalue weighted by Gasteiger charge is -2.34. The van der Waals surface area contributed by atoms with Gasteiger partial charge in [0.1, 0.15) is 11.4 Å². The standard InChI is InChI=1S/C18H22N2O3/c1-12-15(13(2)23-20-12)10-17(21)19-11-18(22)9-5-7-14-6-3-4-8-16(14)18/h3-4,6,8,22H,5,7,9-11H2,1-2H3,(H,19,21). The first-order valence-corrected chi connectivity index (χ1v) is 7.99. The second kappa shape index (κ2) is 6.16. The Hall–Kier alpha value is -2.14. The smallest absolute Gasteiger partial charge is 0.224 e. The zero-order valence-corrected chi connectivity index (χ0v) is 13.6. The number of nitrogens with one attached hydrogen (secondary N) is 1. The molecule has 3 rings (SSSR count). The van der Waals surface area contributed by atoms with Gasteiger partial charge in [0.25, 0.3) is 0 Å². The average Bonchev–Trinajstić information content (AvgIpc) is 2.86. The van der Waals surface area contributed by atoms with Crippen LogP contribution in [0.3, 0.4) is 0 Å². The maximum Gasteiger partial charge on any atom is 0.224 e. The Morgan fingerprint density at radius 3 is 2.91 bits per heavy atom. The predicted molar refractivity (Wildman–Crippen MR) is 86.0 cm³/mol. The van der Waals surface area contributed by atoms with Gasteiger partial charge < -0.3 is 14.9 Å². The largest absolute Gasteiger partial charge is 0.383 e. The van der Waals surface area contributed by atoms with Gasteiger partial charge >= 0.3 is 0 Å². The number of hydrogen-bond donors (Lipinski definition) is 2. The van der Waals surface area contributed by atoms with Crippen LogP contribution in [-0.4, -0.2) is 22.7 Å². The second-order valence-corrected chi connectivity index (χ2v) is 6.30. The number of amides is 1. The highest BCUT2D eigenvalue weighted by Gasteiger charge is 2.34. The van der Waals surface area contributed by atoms with E-state index in [4.69, 9.17) is 4.52 Å². The molecule has 1 aliphatic carbocycles. The Balaban J connectivity index is 1.68. The molecule has 5 heteroatoms. The number of aromatic nitrogens is 1. The fourth-order valence-corrected chi connectivity index (χ4v) is 3.30. The highest BCUT2D eigenvalue weighted by molar-refractivity contribution is 5.79. The molecule has 0 radical (unpaired) electrons. The Bertz CT molecular complexity index is 703. The van der Waals surface area contributed by atoms with E-state index in [-0.39, 0.29) is 18.9 Å². The molecule has 5 nitrogen and oxygen atoms in total. The summed E-state index contributed by atoms with van der Waals surface area (Å²) in [5.41, 5.74) is 2.67. The summed E-state index contributed by atoms with van der Waals surface area (Å²) in [5, 5.41) is 17.7.